The summed E-state index contributed by atoms with van der Waals surface area (Å²) in [4.78, 5) is 11.4. The van der Waals surface area contributed by atoms with Gasteiger partial charge in [-0.3, -0.25) is 10.2 Å². The van der Waals surface area contributed by atoms with Crippen LogP contribution in [0.25, 0.3) is 22.3 Å². The maximum Gasteiger partial charge on any atom is 0.220 e. The third-order valence-electron chi connectivity index (χ3n) is 8.69. The second-order valence-corrected chi connectivity index (χ2v) is 12.8. The second-order valence-electron chi connectivity index (χ2n) is 12.1. The van der Waals surface area contributed by atoms with E-state index in [0.717, 1.165) is 23.1 Å². The van der Waals surface area contributed by atoms with Crippen LogP contribution in [-0.4, -0.2) is 54.4 Å². The Balaban J connectivity index is 1.33. The summed E-state index contributed by atoms with van der Waals surface area (Å²) in [5, 5.41) is 40.6. The molecule has 0 aliphatic carbocycles. The Labute approximate surface area is 301 Å². The van der Waals surface area contributed by atoms with Gasteiger partial charge in [0.05, 0.1) is 30.3 Å². The molecule has 1 amide bonds. The van der Waals surface area contributed by atoms with Crippen LogP contribution in [-0.2, 0) is 24.4 Å². The van der Waals surface area contributed by atoms with Gasteiger partial charge in [-0.1, -0.05) is 84.4 Å². The molecule has 2 unspecified atom stereocenters. The lowest BCUT2D eigenvalue weighted by Crippen LogP contribution is -2.35. The molecule has 9 nitrogen and oxygen atoms in total. The Kier molecular flexibility index (Phi) is 12.5. The number of carbonyl (C=O) groups is 1. The van der Waals surface area contributed by atoms with Crippen LogP contribution in [0.15, 0.2) is 85.1 Å². The zero-order valence-corrected chi connectivity index (χ0v) is 29.1. The number of anilines is 1. The first-order valence-corrected chi connectivity index (χ1v) is 16.9. The van der Waals surface area contributed by atoms with Gasteiger partial charge >= 0.3 is 0 Å². The smallest absolute Gasteiger partial charge is 0.220 e. The van der Waals surface area contributed by atoms with Crippen molar-refractivity contribution in [1.82, 2.24) is 16.0 Å². The number of amides is 1. The zero-order chi connectivity index (χ0) is 35.8. The lowest BCUT2D eigenvalue weighted by atomic mass is 9.94. The summed E-state index contributed by atoms with van der Waals surface area (Å²) in [7, 11) is 1.52. The zero-order valence-electron chi connectivity index (χ0n) is 27.6. The Morgan fingerprint density at radius 3 is 2.42 bits per heavy atom. The molecule has 1 heterocycles. The van der Waals surface area contributed by atoms with Gasteiger partial charge in [0.1, 0.15) is 11.5 Å². The third-order valence-corrected chi connectivity index (χ3v) is 9.44. The number of benzene rings is 4. The number of hydrogen-bond acceptors (Lipinski definition) is 8. The number of rotatable bonds is 16. The lowest BCUT2D eigenvalue weighted by Gasteiger charge is -2.19. The minimum atomic E-state index is -1.12. The fourth-order valence-corrected chi connectivity index (χ4v) is 6.55. The SMILES string of the molecule is C=C(O)C(CO)NCc1cc(Cl)c(CNc2cccc(-c3cccc(-c4ccc(CNCC5CCC(=O)N5)cc4)c3Cl)c2C(=N)F)cc1OC. The van der Waals surface area contributed by atoms with Crippen LogP contribution in [0.3, 0.4) is 0 Å². The molecule has 5 rings (SSSR count). The van der Waals surface area contributed by atoms with Crippen molar-refractivity contribution in [2.24, 2.45) is 0 Å². The van der Waals surface area contributed by atoms with Gasteiger partial charge in [0.15, 0.2) is 0 Å². The number of aliphatic hydroxyl groups is 2. The van der Waals surface area contributed by atoms with Crippen molar-refractivity contribution >= 4 is 40.8 Å². The van der Waals surface area contributed by atoms with Gasteiger partial charge in [0.2, 0.25) is 11.9 Å². The fraction of sp³-hybridized carbons (Fsp3) is 0.263. The average Bonchev–Trinajstić information content (AvgIpc) is 3.52. The van der Waals surface area contributed by atoms with E-state index < -0.39 is 12.0 Å². The summed E-state index contributed by atoms with van der Waals surface area (Å²) >= 11 is 13.6. The molecule has 0 aromatic heterocycles. The van der Waals surface area contributed by atoms with Crippen molar-refractivity contribution < 1.29 is 24.1 Å². The number of ether oxygens (including phenoxy) is 1. The lowest BCUT2D eigenvalue weighted by molar-refractivity contribution is -0.119. The summed E-state index contributed by atoms with van der Waals surface area (Å²) in [6.45, 7) is 4.95. The van der Waals surface area contributed by atoms with E-state index in [4.69, 9.17) is 33.3 Å². The predicted octanol–water partition coefficient (Wildman–Crippen LogP) is 7.13. The van der Waals surface area contributed by atoms with Gasteiger partial charge < -0.3 is 36.2 Å². The van der Waals surface area contributed by atoms with Crippen LogP contribution in [0.2, 0.25) is 10.0 Å². The maximum atomic E-state index is 15.1. The first-order valence-electron chi connectivity index (χ1n) is 16.2. The monoisotopic (exact) mass is 719 g/mol. The van der Waals surface area contributed by atoms with E-state index in [-0.39, 0.29) is 43.0 Å². The number of halogens is 3. The highest BCUT2D eigenvalue weighted by Crippen LogP contribution is 2.40. The molecule has 0 radical (unpaired) electrons. The Morgan fingerprint density at radius 1 is 1.04 bits per heavy atom. The highest BCUT2D eigenvalue weighted by molar-refractivity contribution is 6.36. The molecular formula is C38H40Cl2FN5O4. The average molecular weight is 721 g/mol. The molecule has 50 heavy (non-hydrogen) atoms. The van der Waals surface area contributed by atoms with Crippen LogP contribution < -0.4 is 26.0 Å². The highest BCUT2D eigenvalue weighted by Gasteiger charge is 2.21. The number of methoxy groups -OCH3 is 1. The standard InChI is InChI=1S/C38H40Cl2FN5O4/c1-22(48)33(21-47)45-19-26-15-31(39)25(16-34(26)50-2)18-44-32-8-4-6-29(36(32)38(41)42)30-7-3-5-28(37(30)40)24-11-9-23(10-12-24)17-43-20-27-13-14-35(49)46-27/h3-12,15-16,27,33,42-45,47-48H,1,13-14,17-21H2,2H3,(H,46,49). The van der Waals surface area contributed by atoms with Crippen LogP contribution in [0.1, 0.15) is 35.1 Å². The number of aliphatic hydroxyl groups excluding tert-OH is 2. The van der Waals surface area contributed by atoms with Gasteiger partial charge in [0.25, 0.3) is 0 Å². The summed E-state index contributed by atoms with van der Waals surface area (Å²) in [5.74, 6) is -0.678. The van der Waals surface area contributed by atoms with Crippen LogP contribution in [0.4, 0.5) is 10.1 Å². The van der Waals surface area contributed by atoms with Gasteiger partial charge in [0, 0.05) is 66.0 Å². The molecule has 0 spiro atoms. The molecule has 1 aliphatic heterocycles. The summed E-state index contributed by atoms with van der Waals surface area (Å²) < 4.78 is 20.6. The van der Waals surface area contributed by atoms with E-state index in [1.54, 1.807) is 36.4 Å². The molecule has 12 heteroatoms. The number of nitrogens with one attached hydrogen (secondary N) is 5. The summed E-state index contributed by atoms with van der Waals surface area (Å²) in [6, 6.07) is 21.7. The summed E-state index contributed by atoms with van der Waals surface area (Å²) in [5.41, 5.74) is 5.62. The van der Waals surface area contributed by atoms with E-state index in [9.17, 15) is 15.0 Å². The normalized spacial score (nSPS) is 14.7. The van der Waals surface area contributed by atoms with Gasteiger partial charge in [-0.15, -0.1) is 0 Å². The van der Waals surface area contributed by atoms with Crippen molar-refractivity contribution in [3.63, 3.8) is 0 Å². The quantitative estimate of drug-likeness (QED) is 0.0483. The van der Waals surface area contributed by atoms with E-state index in [2.05, 4.69) is 27.8 Å². The van der Waals surface area contributed by atoms with Gasteiger partial charge in [-0.25, -0.2) is 0 Å². The molecule has 0 bridgehead atoms. The van der Waals surface area contributed by atoms with Crippen molar-refractivity contribution in [1.29, 1.82) is 5.41 Å². The van der Waals surface area contributed by atoms with Gasteiger partial charge in [-0.2, -0.15) is 4.39 Å². The van der Waals surface area contributed by atoms with Crippen molar-refractivity contribution in [3.05, 3.63) is 117 Å². The summed E-state index contributed by atoms with van der Waals surface area (Å²) in [6.07, 6.45) is 1.42. The minimum Gasteiger partial charge on any atom is -0.511 e. The van der Waals surface area contributed by atoms with Crippen molar-refractivity contribution in [2.45, 2.75) is 44.6 Å². The molecule has 2 atom stereocenters. The maximum absolute atomic E-state index is 15.1. The van der Waals surface area contributed by atoms with E-state index >= 15 is 4.39 Å². The van der Waals surface area contributed by atoms with Crippen molar-refractivity contribution in [3.8, 4) is 28.0 Å². The van der Waals surface area contributed by atoms with E-state index in [1.807, 2.05) is 36.4 Å². The molecule has 0 saturated carbocycles. The molecular weight excluding hydrogens is 680 g/mol. The van der Waals surface area contributed by atoms with Crippen LogP contribution in [0.5, 0.6) is 5.75 Å². The second kappa shape index (κ2) is 17.0. The number of hydrogen-bond donors (Lipinski definition) is 7. The van der Waals surface area contributed by atoms with Crippen molar-refractivity contribution in [2.75, 3.05) is 25.6 Å². The first-order chi connectivity index (χ1) is 24.1. The third kappa shape index (κ3) is 8.82. The van der Waals surface area contributed by atoms with Crippen LogP contribution >= 0.6 is 23.2 Å². The largest absolute Gasteiger partial charge is 0.511 e. The first kappa shape index (κ1) is 36.8. The Bertz CT molecular complexity index is 1870. The molecule has 262 valence electrons. The molecule has 1 saturated heterocycles. The van der Waals surface area contributed by atoms with E-state index in [1.165, 1.54) is 7.11 Å². The molecule has 7 N–H and O–H groups in total. The molecule has 4 aromatic carbocycles. The van der Waals surface area contributed by atoms with Gasteiger partial charge in [-0.05, 0) is 46.9 Å². The minimum absolute atomic E-state index is 0.0645. The Morgan fingerprint density at radius 2 is 1.76 bits per heavy atom. The van der Waals surface area contributed by atoms with Crippen LogP contribution in [0, 0.1) is 5.41 Å². The fourth-order valence-electron chi connectivity index (χ4n) is 5.96. The molecule has 1 fully saturated rings. The highest BCUT2D eigenvalue weighted by atomic mass is 35.5. The Hall–Kier alpha value is -4.45. The topological polar surface area (TPSA) is 139 Å². The predicted molar refractivity (Wildman–Crippen MR) is 198 cm³/mol. The number of carbonyl (C=O) groups excluding carboxylic acids is 1. The molecule has 1 aliphatic rings. The molecule has 4 aromatic rings. The van der Waals surface area contributed by atoms with E-state index in [0.29, 0.717) is 63.2 Å².